The van der Waals surface area contributed by atoms with Crippen molar-refractivity contribution >= 4 is 0 Å². The van der Waals surface area contributed by atoms with E-state index >= 15 is 0 Å². The van der Waals surface area contributed by atoms with E-state index in [4.69, 9.17) is 0 Å². The van der Waals surface area contributed by atoms with E-state index in [1.165, 1.54) is 5.70 Å². The summed E-state index contributed by atoms with van der Waals surface area (Å²) >= 11 is 0. The zero-order valence-corrected chi connectivity index (χ0v) is 5.07. The fourth-order valence-electron chi connectivity index (χ4n) is 0.679. The molecule has 0 atom stereocenters. The smallest absolute Gasteiger partial charge is 0.0336 e. The summed E-state index contributed by atoms with van der Waals surface area (Å²) in [5.74, 6) is 0. The van der Waals surface area contributed by atoms with E-state index in [0.717, 1.165) is 13.0 Å². The molecule has 1 aliphatic heterocycles. The van der Waals surface area contributed by atoms with Gasteiger partial charge in [0.1, 0.15) is 0 Å². The van der Waals surface area contributed by atoms with Crippen molar-refractivity contribution in [3.05, 3.63) is 23.9 Å². The highest BCUT2D eigenvalue weighted by atomic mass is 14.9. The van der Waals surface area contributed by atoms with E-state index in [0.29, 0.717) is 0 Å². The van der Waals surface area contributed by atoms with Crippen molar-refractivity contribution in [1.82, 2.24) is 5.32 Å². The van der Waals surface area contributed by atoms with Crippen LogP contribution in [0.4, 0.5) is 0 Å². The molecule has 1 radical (unpaired) electrons. The summed E-state index contributed by atoms with van der Waals surface area (Å²) in [5.41, 5.74) is 1.28. The average molecular weight is 108 g/mol. The van der Waals surface area contributed by atoms with Crippen molar-refractivity contribution in [1.29, 1.82) is 0 Å². The van der Waals surface area contributed by atoms with Crippen molar-refractivity contribution in [2.24, 2.45) is 0 Å². The quantitative estimate of drug-likeness (QED) is 0.533. The highest BCUT2D eigenvalue weighted by Gasteiger charge is 1.91. The van der Waals surface area contributed by atoms with Gasteiger partial charge in [0.05, 0.1) is 0 Å². The van der Waals surface area contributed by atoms with E-state index in [-0.39, 0.29) is 0 Å². The Balaban J connectivity index is 2.50. The highest BCUT2D eigenvalue weighted by molar-refractivity contribution is 5.11. The highest BCUT2D eigenvalue weighted by Crippen LogP contribution is 1.97. The molecule has 8 heavy (non-hydrogen) atoms. The van der Waals surface area contributed by atoms with Crippen molar-refractivity contribution in [3.8, 4) is 0 Å². The van der Waals surface area contributed by atoms with Crippen LogP contribution in [0.5, 0.6) is 0 Å². The second kappa shape index (κ2) is 2.55. The number of allylic oxidation sites excluding steroid dienone is 3. The van der Waals surface area contributed by atoms with E-state index in [1.54, 1.807) is 0 Å². The lowest BCUT2D eigenvalue weighted by Crippen LogP contribution is -2.14. The summed E-state index contributed by atoms with van der Waals surface area (Å²) in [6.45, 7) is 3.07. The lowest BCUT2D eigenvalue weighted by molar-refractivity contribution is 0.829. The van der Waals surface area contributed by atoms with E-state index in [1.807, 2.05) is 12.2 Å². The predicted octanol–water partition coefficient (Wildman–Crippen LogP) is 1.24. The van der Waals surface area contributed by atoms with Crippen LogP contribution in [0, 0.1) is 6.08 Å². The van der Waals surface area contributed by atoms with Gasteiger partial charge in [0.2, 0.25) is 0 Å². The van der Waals surface area contributed by atoms with Crippen LogP contribution in [-0.4, -0.2) is 6.54 Å². The minimum Gasteiger partial charge on any atom is -0.385 e. The summed E-state index contributed by atoms with van der Waals surface area (Å²) in [6.07, 6.45) is 8.10. The van der Waals surface area contributed by atoms with Crippen molar-refractivity contribution in [3.63, 3.8) is 0 Å². The monoisotopic (exact) mass is 108 g/mol. The molecule has 1 aliphatic rings. The Labute approximate surface area is 50.1 Å². The Morgan fingerprint density at radius 3 is 3.12 bits per heavy atom. The van der Waals surface area contributed by atoms with E-state index in [9.17, 15) is 0 Å². The Kier molecular flexibility index (Phi) is 1.73. The molecule has 0 spiro atoms. The molecular formula is C7H10N. The van der Waals surface area contributed by atoms with Crippen LogP contribution >= 0.6 is 0 Å². The first-order valence-electron chi connectivity index (χ1n) is 2.94. The molecule has 0 saturated carbocycles. The Hall–Kier alpha value is -0.720. The molecule has 0 aromatic carbocycles. The number of hydrogen-bond acceptors (Lipinski definition) is 1. The first-order valence-corrected chi connectivity index (χ1v) is 2.94. The van der Waals surface area contributed by atoms with Crippen LogP contribution < -0.4 is 5.32 Å². The molecule has 1 rings (SSSR count). The van der Waals surface area contributed by atoms with Gasteiger partial charge >= 0.3 is 0 Å². The number of nitrogens with one attached hydrogen (secondary N) is 1. The third-order valence-electron chi connectivity index (χ3n) is 1.19. The van der Waals surface area contributed by atoms with Crippen LogP contribution in [0.1, 0.15) is 13.3 Å². The number of hydrogen-bond donors (Lipinski definition) is 1. The predicted molar refractivity (Wildman–Crippen MR) is 34.2 cm³/mol. The van der Waals surface area contributed by atoms with Gasteiger partial charge in [0.25, 0.3) is 0 Å². The number of rotatable bonds is 1. The fraction of sp³-hybridized carbons (Fsp3) is 0.429. The topological polar surface area (TPSA) is 12.0 Å². The first-order chi connectivity index (χ1) is 3.93. The third kappa shape index (κ3) is 1.12. The van der Waals surface area contributed by atoms with Crippen molar-refractivity contribution < 1.29 is 0 Å². The van der Waals surface area contributed by atoms with Gasteiger partial charge < -0.3 is 5.32 Å². The molecule has 0 aromatic heterocycles. The molecule has 1 nitrogen and oxygen atoms in total. The normalized spacial score (nSPS) is 17.4. The van der Waals surface area contributed by atoms with E-state index in [2.05, 4.69) is 18.3 Å². The summed E-state index contributed by atoms with van der Waals surface area (Å²) < 4.78 is 0. The summed E-state index contributed by atoms with van der Waals surface area (Å²) in [4.78, 5) is 0. The zero-order valence-electron chi connectivity index (χ0n) is 5.07. The van der Waals surface area contributed by atoms with Gasteiger partial charge in [-0.2, -0.15) is 0 Å². The SMILES string of the molecule is CCC1=C[C]=CCN1. The summed E-state index contributed by atoms with van der Waals surface area (Å²) in [7, 11) is 0. The van der Waals surface area contributed by atoms with Gasteiger partial charge in [0.15, 0.2) is 0 Å². The van der Waals surface area contributed by atoms with Gasteiger partial charge in [0, 0.05) is 12.2 Å². The average Bonchev–Trinajstić information content (AvgIpc) is 1.90. The molecule has 0 aliphatic carbocycles. The minimum atomic E-state index is 0.944. The van der Waals surface area contributed by atoms with Crippen LogP contribution in [0.25, 0.3) is 0 Å². The Morgan fingerprint density at radius 1 is 1.88 bits per heavy atom. The van der Waals surface area contributed by atoms with Crippen LogP contribution in [-0.2, 0) is 0 Å². The zero-order chi connectivity index (χ0) is 5.82. The molecule has 0 fully saturated rings. The van der Waals surface area contributed by atoms with Crippen molar-refractivity contribution in [2.45, 2.75) is 13.3 Å². The maximum atomic E-state index is 3.21. The van der Waals surface area contributed by atoms with Gasteiger partial charge in [-0.25, -0.2) is 0 Å². The lowest BCUT2D eigenvalue weighted by atomic mass is 10.2. The minimum absolute atomic E-state index is 0.944. The summed E-state index contributed by atoms with van der Waals surface area (Å²) in [5, 5.41) is 3.21. The molecule has 0 aromatic rings. The van der Waals surface area contributed by atoms with Crippen LogP contribution in [0.2, 0.25) is 0 Å². The molecule has 0 bridgehead atoms. The molecular weight excluding hydrogens is 98.1 g/mol. The maximum Gasteiger partial charge on any atom is 0.0336 e. The molecule has 1 N–H and O–H groups in total. The Morgan fingerprint density at radius 2 is 2.75 bits per heavy atom. The van der Waals surface area contributed by atoms with Crippen LogP contribution in [0.15, 0.2) is 17.8 Å². The standard InChI is InChI=1S/C7H10N/c1-2-7-5-3-4-6-8-7/h4-5,8H,2,6H2,1H3. The van der Waals surface area contributed by atoms with Gasteiger partial charge in [-0.15, -0.1) is 0 Å². The van der Waals surface area contributed by atoms with Gasteiger partial charge in [-0.1, -0.05) is 13.0 Å². The van der Waals surface area contributed by atoms with Gasteiger partial charge in [-0.05, 0) is 18.6 Å². The molecule has 0 saturated heterocycles. The second-order valence-corrected chi connectivity index (χ2v) is 1.77. The Bertz CT molecular complexity index is 122. The fourth-order valence-corrected chi connectivity index (χ4v) is 0.679. The molecule has 0 amide bonds. The lowest BCUT2D eigenvalue weighted by Gasteiger charge is -2.07. The molecule has 0 unspecified atom stereocenters. The first kappa shape index (κ1) is 5.42. The maximum absolute atomic E-state index is 3.21. The van der Waals surface area contributed by atoms with Gasteiger partial charge in [-0.3, -0.25) is 0 Å². The molecule has 1 heteroatoms. The third-order valence-corrected chi connectivity index (χ3v) is 1.19. The summed E-state index contributed by atoms with van der Waals surface area (Å²) in [6, 6.07) is 0. The molecule has 43 valence electrons. The largest absolute Gasteiger partial charge is 0.385 e. The second-order valence-electron chi connectivity index (χ2n) is 1.77. The number of dihydropyridines is 1. The molecule has 1 heterocycles. The van der Waals surface area contributed by atoms with E-state index < -0.39 is 0 Å². The van der Waals surface area contributed by atoms with Crippen LogP contribution in [0.3, 0.4) is 0 Å². The van der Waals surface area contributed by atoms with Crippen molar-refractivity contribution in [2.75, 3.05) is 6.54 Å².